The molecule has 1 heterocycles. The van der Waals surface area contributed by atoms with Crippen LogP contribution in [0.4, 0.5) is 0 Å². The highest BCUT2D eigenvalue weighted by Gasteiger charge is 2.22. The minimum atomic E-state index is -0.170. The van der Waals surface area contributed by atoms with E-state index in [1.807, 2.05) is 0 Å². The van der Waals surface area contributed by atoms with E-state index in [4.69, 9.17) is 14.2 Å². The molecule has 118 valence electrons. The molecule has 7 heteroatoms. The lowest BCUT2D eigenvalue weighted by atomic mass is 10.1. The van der Waals surface area contributed by atoms with Gasteiger partial charge in [0, 0.05) is 24.7 Å². The molecule has 6 nitrogen and oxygen atoms in total. The maximum Gasteiger partial charge on any atom is 0.255 e. The molecule has 21 heavy (non-hydrogen) atoms. The van der Waals surface area contributed by atoms with Crippen molar-refractivity contribution in [2.45, 2.75) is 12.5 Å². The Hall–Kier alpha value is -1.66. The zero-order chi connectivity index (χ0) is 14.5. The van der Waals surface area contributed by atoms with Crippen molar-refractivity contribution in [3.05, 3.63) is 17.7 Å². The summed E-state index contributed by atoms with van der Waals surface area (Å²) in [5.41, 5.74) is 0.442. The number of ether oxygens (including phenoxy) is 3. The maximum atomic E-state index is 12.3. The van der Waals surface area contributed by atoms with E-state index in [2.05, 4.69) is 10.6 Å². The summed E-state index contributed by atoms with van der Waals surface area (Å²) < 4.78 is 15.7. The van der Waals surface area contributed by atoms with Crippen molar-refractivity contribution in [3.63, 3.8) is 0 Å². The summed E-state index contributed by atoms with van der Waals surface area (Å²) in [6.45, 7) is 1.72. The molecule has 0 bridgehead atoms. The second-order valence-corrected chi connectivity index (χ2v) is 4.57. The Balaban J connectivity index is 0.00000220. The molecule has 0 aliphatic carbocycles. The third kappa shape index (κ3) is 3.92. The van der Waals surface area contributed by atoms with E-state index >= 15 is 0 Å². The fourth-order valence-electron chi connectivity index (χ4n) is 2.25. The molecule has 1 aliphatic heterocycles. The van der Waals surface area contributed by atoms with Crippen LogP contribution in [0.5, 0.6) is 17.2 Å². The Morgan fingerprint density at radius 3 is 2.29 bits per heavy atom. The van der Waals surface area contributed by atoms with Gasteiger partial charge in [-0.05, 0) is 13.0 Å². The summed E-state index contributed by atoms with van der Waals surface area (Å²) in [5.74, 6) is 1.33. The highest BCUT2D eigenvalue weighted by molar-refractivity contribution is 5.98. The maximum absolute atomic E-state index is 12.3. The fourth-order valence-corrected chi connectivity index (χ4v) is 2.25. The molecule has 1 fully saturated rings. The topological polar surface area (TPSA) is 68.8 Å². The first-order valence-corrected chi connectivity index (χ1v) is 6.51. The van der Waals surface area contributed by atoms with Gasteiger partial charge in [-0.3, -0.25) is 4.79 Å². The van der Waals surface area contributed by atoms with Crippen molar-refractivity contribution < 1.29 is 19.0 Å². The summed E-state index contributed by atoms with van der Waals surface area (Å²) in [6, 6.07) is 3.44. The molecule has 1 amide bonds. The molecule has 0 radical (unpaired) electrons. The first kappa shape index (κ1) is 17.4. The van der Waals surface area contributed by atoms with Crippen molar-refractivity contribution in [1.29, 1.82) is 0 Å². The number of nitrogens with one attached hydrogen (secondary N) is 2. The average Bonchev–Trinajstić information content (AvgIpc) is 2.98. The highest BCUT2D eigenvalue weighted by atomic mass is 35.5. The molecule has 2 rings (SSSR count). The van der Waals surface area contributed by atoms with Crippen molar-refractivity contribution in [1.82, 2.24) is 10.6 Å². The summed E-state index contributed by atoms with van der Waals surface area (Å²) in [5, 5.41) is 6.19. The number of halogens is 1. The van der Waals surface area contributed by atoms with Crippen LogP contribution in [0.25, 0.3) is 0 Å². The van der Waals surface area contributed by atoms with E-state index < -0.39 is 0 Å². The SMILES string of the molecule is COc1cc(OC)c(C(=O)NC2CCNC2)cc1OC.Cl. The number of hydrogen-bond acceptors (Lipinski definition) is 5. The molecule has 0 saturated carbocycles. The predicted octanol–water partition coefficient (Wildman–Crippen LogP) is 1.23. The van der Waals surface area contributed by atoms with Crippen LogP contribution in [-0.2, 0) is 0 Å². The zero-order valence-corrected chi connectivity index (χ0v) is 13.2. The second kappa shape index (κ2) is 7.95. The third-order valence-electron chi connectivity index (χ3n) is 3.35. The molecule has 0 spiro atoms. The third-order valence-corrected chi connectivity index (χ3v) is 3.35. The molecule has 2 N–H and O–H groups in total. The average molecular weight is 317 g/mol. The number of benzene rings is 1. The standard InChI is InChI=1S/C14H20N2O4.ClH/c1-18-11-7-13(20-3)12(19-2)6-10(11)14(17)16-9-4-5-15-8-9;/h6-7,9,15H,4-5,8H2,1-3H3,(H,16,17);1H. The summed E-state index contributed by atoms with van der Waals surface area (Å²) in [4.78, 5) is 12.3. The normalized spacial score (nSPS) is 16.8. The lowest BCUT2D eigenvalue weighted by Gasteiger charge is -2.16. The van der Waals surface area contributed by atoms with E-state index in [1.54, 1.807) is 19.2 Å². The van der Waals surface area contributed by atoms with E-state index in [-0.39, 0.29) is 24.4 Å². The summed E-state index contributed by atoms with van der Waals surface area (Å²) >= 11 is 0. The zero-order valence-electron chi connectivity index (χ0n) is 12.4. The van der Waals surface area contributed by atoms with E-state index in [0.717, 1.165) is 19.5 Å². The molecule has 1 aliphatic rings. The number of carbonyl (C=O) groups excluding carboxylic acids is 1. The Morgan fingerprint density at radius 2 is 1.76 bits per heavy atom. The van der Waals surface area contributed by atoms with Gasteiger partial charge < -0.3 is 24.8 Å². The molecule has 1 saturated heterocycles. The predicted molar refractivity (Wildman–Crippen MR) is 82.1 cm³/mol. The van der Waals surface area contributed by atoms with Gasteiger partial charge in [-0.25, -0.2) is 0 Å². The summed E-state index contributed by atoms with van der Waals surface area (Å²) in [6.07, 6.45) is 0.932. The summed E-state index contributed by atoms with van der Waals surface area (Å²) in [7, 11) is 4.60. The van der Waals surface area contributed by atoms with Gasteiger partial charge >= 0.3 is 0 Å². The molecule has 0 aromatic heterocycles. The fraction of sp³-hybridized carbons (Fsp3) is 0.500. The number of methoxy groups -OCH3 is 3. The van der Waals surface area contributed by atoms with Crippen LogP contribution in [0.2, 0.25) is 0 Å². The van der Waals surface area contributed by atoms with Crippen molar-refractivity contribution >= 4 is 18.3 Å². The van der Waals surface area contributed by atoms with Gasteiger partial charge in [0.15, 0.2) is 11.5 Å². The van der Waals surface area contributed by atoms with Crippen LogP contribution in [0.3, 0.4) is 0 Å². The molecule has 1 unspecified atom stereocenters. The Labute approximate surface area is 130 Å². The van der Waals surface area contributed by atoms with Crippen LogP contribution in [-0.4, -0.2) is 46.4 Å². The molecule has 1 atom stereocenters. The van der Waals surface area contributed by atoms with Crippen LogP contribution >= 0.6 is 12.4 Å². The van der Waals surface area contributed by atoms with Crippen molar-refractivity contribution in [2.24, 2.45) is 0 Å². The second-order valence-electron chi connectivity index (χ2n) is 4.57. The number of rotatable bonds is 5. The minimum Gasteiger partial charge on any atom is -0.496 e. The molecule has 1 aromatic rings. The molecular weight excluding hydrogens is 296 g/mol. The number of amides is 1. The van der Waals surface area contributed by atoms with E-state index in [9.17, 15) is 4.79 Å². The number of hydrogen-bond donors (Lipinski definition) is 2. The Kier molecular flexibility index (Phi) is 6.58. The Bertz CT molecular complexity index is 490. The first-order valence-electron chi connectivity index (χ1n) is 6.51. The lowest BCUT2D eigenvalue weighted by Crippen LogP contribution is -2.36. The van der Waals surface area contributed by atoms with E-state index in [0.29, 0.717) is 22.8 Å². The van der Waals surface area contributed by atoms with Crippen molar-refractivity contribution in [2.75, 3.05) is 34.4 Å². The lowest BCUT2D eigenvalue weighted by molar-refractivity contribution is 0.0936. The first-order chi connectivity index (χ1) is 9.69. The number of carbonyl (C=O) groups is 1. The van der Waals surface area contributed by atoms with Gasteiger partial charge in [-0.15, -0.1) is 12.4 Å². The van der Waals surface area contributed by atoms with Gasteiger partial charge in [0.05, 0.1) is 26.9 Å². The largest absolute Gasteiger partial charge is 0.496 e. The quantitative estimate of drug-likeness (QED) is 0.855. The smallest absolute Gasteiger partial charge is 0.255 e. The van der Waals surface area contributed by atoms with Gasteiger partial charge in [0.1, 0.15) is 5.75 Å². The van der Waals surface area contributed by atoms with Crippen LogP contribution in [0, 0.1) is 0 Å². The Morgan fingerprint density at radius 1 is 1.14 bits per heavy atom. The van der Waals surface area contributed by atoms with Gasteiger partial charge in [-0.1, -0.05) is 0 Å². The van der Waals surface area contributed by atoms with Gasteiger partial charge in [0.2, 0.25) is 0 Å². The van der Waals surface area contributed by atoms with Crippen LogP contribution in [0.15, 0.2) is 12.1 Å². The van der Waals surface area contributed by atoms with Crippen LogP contribution in [0.1, 0.15) is 16.8 Å². The van der Waals surface area contributed by atoms with Gasteiger partial charge in [0.25, 0.3) is 5.91 Å². The van der Waals surface area contributed by atoms with Crippen LogP contribution < -0.4 is 24.8 Å². The minimum absolute atomic E-state index is 0. The van der Waals surface area contributed by atoms with Gasteiger partial charge in [-0.2, -0.15) is 0 Å². The van der Waals surface area contributed by atoms with E-state index in [1.165, 1.54) is 14.2 Å². The van der Waals surface area contributed by atoms with Crippen molar-refractivity contribution in [3.8, 4) is 17.2 Å². The molecule has 1 aromatic carbocycles. The molecular formula is C14H21ClN2O4. The highest BCUT2D eigenvalue weighted by Crippen LogP contribution is 2.34. The monoisotopic (exact) mass is 316 g/mol.